The standard InChI is InChI=1S/C18H26N2O2.ClH/c1-13(21)15-7-5-14(6-8-15)10-20-17(22)18-9-3-2-4-16(18)11-19-12-18;/h5-8,13,16,19,21H,2-4,9-12H2,1H3,(H,20,22);1H/t13?,16-,18+;/m0./s1. The van der Waals surface area contributed by atoms with Gasteiger partial charge in [-0.25, -0.2) is 0 Å². The number of rotatable bonds is 4. The predicted octanol–water partition coefficient (Wildman–Crippen LogP) is 2.56. The SMILES string of the molecule is CC(O)c1ccc(CNC(=O)[C@@]23CCCC[C@H]2CNC3)cc1.Cl. The van der Waals surface area contributed by atoms with Crippen LogP contribution in [-0.4, -0.2) is 24.1 Å². The van der Waals surface area contributed by atoms with Crippen LogP contribution in [0.25, 0.3) is 0 Å². The second kappa shape index (κ2) is 7.65. The van der Waals surface area contributed by atoms with E-state index >= 15 is 0 Å². The number of halogens is 1. The molecule has 1 amide bonds. The Kier molecular flexibility index (Phi) is 6.06. The van der Waals surface area contributed by atoms with Gasteiger partial charge in [0.1, 0.15) is 0 Å². The first kappa shape index (κ1) is 18.2. The predicted molar refractivity (Wildman–Crippen MR) is 93.4 cm³/mol. The molecule has 128 valence electrons. The molecule has 3 N–H and O–H groups in total. The quantitative estimate of drug-likeness (QED) is 0.790. The number of fused-ring (bicyclic) bond motifs is 1. The zero-order valence-electron chi connectivity index (χ0n) is 13.7. The van der Waals surface area contributed by atoms with E-state index in [9.17, 15) is 9.90 Å². The molecule has 4 nitrogen and oxygen atoms in total. The van der Waals surface area contributed by atoms with Crippen LogP contribution in [0, 0.1) is 11.3 Å². The highest BCUT2D eigenvalue weighted by molar-refractivity contribution is 5.85. The van der Waals surface area contributed by atoms with Crippen LogP contribution in [0.15, 0.2) is 24.3 Å². The van der Waals surface area contributed by atoms with E-state index in [2.05, 4.69) is 10.6 Å². The van der Waals surface area contributed by atoms with Crippen LogP contribution in [0.3, 0.4) is 0 Å². The van der Waals surface area contributed by atoms with Crippen LogP contribution >= 0.6 is 12.4 Å². The number of nitrogens with one attached hydrogen (secondary N) is 2. The van der Waals surface area contributed by atoms with E-state index in [-0.39, 0.29) is 23.7 Å². The van der Waals surface area contributed by atoms with Crippen LogP contribution in [-0.2, 0) is 11.3 Å². The van der Waals surface area contributed by atoms with Gasteiger partial charge in [0.2, 0.25) is 5.91 Å². The Labute approximate surface area is 144 Å². The van der Waals surface area contributed by atoms with Gasteiger partial charge in [-0.2, -0.15) is 0 Å². The lowest BCUT2D eigenvalue weighted by atomic mass is 9.67. The Hall–Kier alpha value is -1.10. The molecule has 3 atom stereocenters. The van der Waals surface area contributed by atoms with Crippen LogP contribution in [0.2, 0.25) is 0 Å². The summed E-state index contributed by atoms with van der Waals surface area (Å²) in [5.41, 5.74) is 1.80. The van der Waals surface area contributed by atoms with Gasteiger partial charge in [0.05, 0.1) is 11.5 Å². The van der Waals surface area contributed by atoms with Crippen LogP contribution in [0.4, 0.5) is 0 Å². The van der Waals surface area contributed by atoms with Crippen molar-refractivity contribution in [3.8, 4) is 0 Å². The number of hydrogen-bond acceptors (Lipinski definition) is 3. The first-order valence-corrected chi connectivity index (χ1v) is 8.38. The number of benzene rings is 1. The van der Waals surface area contributed by atoms with Crippen molar-refractivity contribution in [1.29, 1.82) is 0 Å². The van der Waals surface area contributed by atoms with E-state index < -0.39 is 6.10 Å². The molecule has 23 heavy (non-hydrogen) atoms. The van der Waals surface area contributed by atoms with E-state index in [1.54, 1.807) is 6.92 Å². The molecule has 2 fully saturated rings. The molecule has 1 aliphatic heterocycles. The van der Waals surface area contributed by atoms with Gasteiger partial charge in [0.25, 0.3) is 0 Å². The summed E-state index contributed by atoms with van der Waals surface area (Å²) in [4.78, 5) is 12.8. The Morgan fingerprint density at radius 1 is 1.39 bits per heavy atom. The fourth-order valence-corrected chi connectivity index (χ4v) is 3.96. The summed E-state index contributed by atoms with van der Waals surface area (Å²) in [5, 5.41) is 16.1. The minimum Gasteiger partial charge on any atom is -0.389 e. The normalized spacial score (nSPS) is 27.7. The second-order valence-electron chi connectivity index (χ2n) is 6.83. The smallest absolute Gasteiger partial charge is 0.228 e. The van der Waals surface area contributed by atoms with Gasteiger partial charge in [-0.3, -0.25) is 4.79 Å². The third kappa shape index (κ3) is 3.70. The molecule has 1 heterocycles. The summed E-state index contributed by atoms with van der Waals surface area (Å²) in [6.45, 7) is 4.13. The molecule has 1 saturated heterocycles. The zero-order valence-corrected chi connectivity index (χ0v) is 14.5. The number of amides is 1. The Balaban J connectivity index is 0.00000192. The molecular formula is C18H27ClN2O2. The summed E-state index contributed by atoms with van der Waals surface area (Å²) in [5.74, 6) is 0.709. The fourth-order valence-electron chi connectivity index (χ4n) is 3.96. The maximum Gasteiger partial charge on any atom is 0.228 e. The minimum atomic E-state index is -0.449. The average molecular weight is 339 g/mol. The van der Waals surface area contributed by atoms with Crippen molar-refractivity contribution in [2.75, 3.05) is 13.1 Å². The highest BCUT2D eigenvalue weighted by atomic mass is 35.5. The van der Waals surface area contributed by atoms with Gasteiger partial charge in [-0.05, 0) is 43.4 Å². The molecule has 3 rings (SSSR count). The molecule has 5 heteroatoms. The first-order chi connectivity index (χ1) is 10.6. The number of carbonyl (C=O) groups is 1. The van der Waals surface area contributed by atoms with E-state index in [4.69, 9.17) is 0 Å². The molecule has 0 spiro atoms. The van der Waals surface area contributed by atoms with Crippen molar-refractivity contribution >= 4 is 18.3 Å². The van der Waals surface area contributed by atoms with Crippen molar-refractivity contribution in [3.05, 3.63) is 35.4 Å². The van der Waals surface area contributed by atoms with Gasteiger partial charge < -0.3 is 15.7 Å². The molecule has 1 saturated carbocycles. The number of hydrogen-bond donors (Lipinski definition) is 3. The highest BCUT2D eigenvalue weighted by Gasteiger charge is 2.49. The third-order valence-corrected chi connectivity index (χ3v) is 5.41. The molecule has 0 bridgehead atoms. The summed E-state index contributed by atoms with van der Waals surface area (Å²) in [6.07, 6.45) is 4.15. The van der Waals surface area contributed by atoms with Crippen molar-refractivity contribution in [2.24, 2.45) is 11.3 Å². The highest BCUT2D eigenvalue weighted by Crippen LogP contribution is 2.43. The van der Waals surface area contributed by atoms with Crippen molar-refractivity contribution in [3.63, 3.8) is 0 Å². The topological polar surface area (TPSA) is 61.4 Å². The van der Waals surface area contributed by atoms with Crippen molar-refractivity contribution in [2.45, 2.75) is 45.3 Å². The monoisotopic (exact) mass is 338 g/mol. The summed E-state index contributed by atoms with van der Waals surface area (Å²) < 4.78 is 0. The number of aliphatic hydroxyl groups is 1. The molecule has 0 radical (unpaired) electrons. The average Bonchev–Trinajstić information content (AvgIpc) is 2.98. The Morgan fingerprint density at radius 3 is 2.83 bits per heavy atom. The maximum absolute atomic E-state index is 12.8. The van der Waals surface area contributed by atoms with Gasteiger partial charge in [-0.1, -0.05) is 37.1 Å². The van der Waals surface area contributed by atoms with E-state index in [0.29, 0.717) is 12.5 Å². The molecular weight excluding hydrogens is 312 g/mol. The van der Waals surface area contributed by atoms with Gasteiger partial charge in [0, 0.05) is 13.1 Å². The second-order valence-corrected chi connectivity index (χ2v) is 6.83. The van der Waals surface area contributed by atoms with Gasteiger partial charge in [0.15, 0.2) is 0 Å². The van der Waals surface area contributed by atoms with E-state index in [0.717, 1.165) is 37.1 Å². The lowest BCUT2D eigenvalue weighted by Gasteiger charge is -2.37. The van der Waals surface area contributed by atoms with E-state index in [1.165, 1.54) is 12.8 Å². The molecule has 1 aliphatic carbocycles. The number of carbonyl (C=O) groups excluding carboxylic acids is 1. The lowest BCUT2D eigenvalue weighted by molar-refractivity contribution is -0.134. The van der Waals surface area contributed by atoms with Gasteiger partial charge in [-0.15, -0.1) is 12.4 Å². The van der Waals surface area contributed by atoms with Crippen LogP contribution in [0.1, 0.15) is 49.8 Å². The maximum atomic E-state index is 12.8. The van der Waals surface area contributed by atoms with E-state index in [1.807, 2.05) is 24.3 Å². The van der Waals surface area contributed by atoms with Crippen LogP contribution < -0.4 is 10.6 Å². The van der Waals surface area contributed by atoms with Crippen LogP contribution in [0.5, 0.6) is 0 Å². The molecule has 1 aromatic rings. The molecule has 2 aliphatic rings. The molecule has 0 aromatic heterocycles. The fraction of sp³-hybridized carbons (Fsp3) is 0.611. The number of aliphatic hydroxyl groups excluding tert-OH is 1. The summed E-state index contributed by atoms with van der Waals surface area (Å²) in [7, 11) is 0. The zero-order chi connectivity index (χ0) is 15.6. The summed E-state index contributed by atoms with van der Waals surface area (Å²) in [6, 6.07) is 7.80. The molecule has 1 unspecified atom stereocenters. The summed E-state index contributed by atoms with van der Waals surface area (Å²) >= 11 is 0. The third-order valence-electron chi connectivity index (χ3n) is 5.41. The minimum absolute atomic E-state index is 0. The Bertz CT molecular complexity index is 532. The molecule has 1 aromatic carbocycles. The van der Waals surface area contributed by atoms with Crippen molar-refractivity contribution in [1.82, 2.24) is 10.6 Å². The van der Waals surface area contributed by atoms with Crippen molar-refractivity contribution < 1.29 is 9.90 Å². The largest absolute Gasteiger partial charge is 0.389 e. The first-order valence-electron chi connectivity index (χ1n) is 8.38. The lowest BCUT2D eigenvalue weighted by Crippen LogP contribution is -2.47. The Morgan fingerprint density at radius 2 is 2.13 bits per heavy atom. The van der Waals surface area contributed by atoms with Gasteiger partial charge >= 0.3 is 0 Å².